The molecule has 2 aromatic carbocycles. The number of hydrazone groups is 1. The fourth-order valence-corrected chi connectivity index (χ4v) is 4.07. The lowest BCUT2D eigenvalue weighted by molar-refractivity contribution is -0.121. The average molecular weight is 467 g/mol. The summed E-state index contributed by atoms with van der Waals surface area (Å²) in [6.45, 7) is 1.97. The van der Waals surface area contributed by atoms with Crippen molar-refractivity contribution in [3.8, 4) is 11.5 Å². The van der Waals surface area contributed by atoms with Gasteiger partial charge in [0.15, 0.2) is 0 Å². The Bertz CT molecular complexity index is 1090. The van der Waals surface area contributed by atoms with E-state index in [9.17, 15) is 9.59 Å². The number of carbonyl (C=O) groups excluding carboxylic acids is 2. The van der Waals surface area contributed by atoms with Gasteiger partial charge < -0.3 is 29.9 Å². The Morgan fingerprint density at radius 2 is 2.09 bits per heavy atom. The number of hydrogen-bond acceptors (Lipinski definition) is 7. The van der Waals surface area contributed by atoms with Crippen LogP contribution in [0.1, 0.15) is 27.4 Å². The van der Waals surface area contributed by atoms with Crippen LogP contribution in [0.2, 0.25) is 0 Å². The smallest absolute Gasteiger partial charge is 0.253 e. The molecule has 0 aromatic heterocycles. The van der Waals surface area contributed by atoms with Crippen LogP contribution < -0.4 is 20.2 Å². The van der Waals surface area contributed by atoms with Crippen LogP contribution in [-0.2, 0) is 16.0 Å². The maximum Gasteiger partial charge on any atom is 0.253 e. The molecule has 2 N–H and O–H groups in total. The third-order valence-electron chi connectivity index (χ3n) is 6.13. The fourth-order valence-electron chi connectivity index (χ4n) is 4.07. The molecule has 2 unspecified atom stereocenters. The van der Waals surface area contributed by atoms with E-state index in [1.807, 2.05) is 30.5 Å². The van der Waals surface area contributed by atoms with Gasteiger partial charge in [0.1, 0.15) is 18.1 Å². The zero-order valence-corrected chi connectivity index (χ0v) is 19.7. The number of hydrogen-bond donors (Lipinski definition) is 2. The second-order valence-electron chi connectivity index (χ2n) is 8.45. The molecule has 180 valence electrons. The maximum atomic E-state index is 13.1. The Morgan fingerprint density at radius 3 is 2.82 bits per heavy atom. The Kier molecular flexibility index (Phi) is 7.32. The van der Waals surface area contributed by atoms with Crippen molar-refractivity contribution in [1.82, 2.24) is 10.3 Å². The molecular formula is C25H30N4O5. The van der Waals surface area contributed by atoms with Crippen molar-refractivity contribution in [2.45, 2.75) is 12.3 Å². The molecular weight excluding hydrogens is 436 g/mol. The lowest BCUT2D eigenvalue weighted by atomic mass is 9.94. The van der Waals surface area contributed by atoms with Gasteiger partial charge >= 0.3 is 0 Å². The van der Waals surface area contributed by atoms with E-state index in [2.05, 4.69) is 15.8 Å². The minimum absolute atomic E-state index is 0.0984. The molecule has 0 spiro atoms. The zero-order chi connectivity index (χ0) is 24.1. The highest BCUT2D eigenvalue weighted by molar-refractivity contribution is 5.96. The first-order valence-corrected chi connectivity index (χ1v) is 11.2. The van der Waals surface area contributed by atoms with Gasteiger partial charge in [-0.1, -0.05) is 6.07 Å². The number of nitrogens with one attached hydrogen (secondary N) is 2. The third-order valence-corrected chi connectivity index (χ3v) is 6.13. The SMILES string of the molecule is COCCN(C)C(=O)c1ccc2c(c1)CC(C(=O)Nc1ccc(C3C=NNC3)cc1OC)CO2. The highest BCUT2D eigenvalue weighted by Gasteiger charge is 2.28. The van der Waals surface area contributed by atoms with Gasteiger partial charge in [0.2, 0.25) is 5.91 Å². The number of fused-ring (bicyclic) bond motifs is 1. The maximum absolute atomic E-state index is 13.1. The van der Waals surface area contributed by atoms with E-state index in [0.29, 0.717) is 42.3 Å². The number of nitrogens with zero attached hydrogens (tertiary/aromatic N) is 2. The van der Waals surface area contributed by atoms with Gasteiger partial charge in [-0.2, -0.15) is 5.10 Å². The molecule has 34 heavy (non-hydrogen) atoms. The summed E-state index contributed by atoms with van der Waals surface area (Å²) < 4.78 is 16.4. The zero-order valence-electron chi connectivity index (χ0n) is 19.7. The number of benzene rings is 2. The van der Waals surface area contributed by atoms with Crippen molar-refractivity contribution in [1.29, 1.82) is 0 Å². The predicted octanol–water partition coefficient (Wildman–Crippen LogP) is 2.28. The highest BCUT2D eigenvalue weighted by Crippen LogP contribution is 2.32. The van der Waals surface area contributed by atoms with Crippen LogP contribution in [0.4, 0.5) is 5.69 Å². The van der Waals surface area contributed by atoms with E-state index >= 15 is 0 Å². The van der Waals surface area contributed by atoms with Crippen LogP contribution in [0.15, 0.2) is 41.5 Å². The molecule has 2 aliphatic rings. The third kappa shape index (κ3) is 5.14. The minimum atomic E-state index is -0.389. The summed E-state index contributed by atoms with van der Waals surface area (Å²) in [7, 11) is 4.92. The fraction of sp³-hybridized carbons (Fsp3) is 0.400. The summed E-state index contributed by atoms with van der Waals surface area (Å²) in [6.07, 6.45) is 2.34. The lowest BCUT2D eigenvalue weighted by Crippen LogP contribution is -2.33. The number of carbonyl (C=O) groups is 2. The van der Waals surface area contributed by atoms with Gasteiger partial charge in [0.05, 0.1) is 25.3 Å². The first-order valence-electron chi connectivity index (χ1n) is 11.2. The van der Waals surface area contributed by atoms with Gasteiger partial charge in [-0.05, 0) is 47.9 Å². The second-order valence-corrected chi connectivity index (χ2v) is 8.45. The molecule has 0 saturated heterocycles. The standard InChI is InChI=1S/C25H30N4O5/c1-29(8-9-32-2)25(31)17-5-7-22-18(10-17)11-19(15-34-22)24(30)28-21-6-4-16(12-23(21)33-3)20-13-26-27-14-20/h4-7,10,12-13,19-20,27H,8-9,11,14-15H2,1-3H3,(H,28,30). The summed E-state index contributed by atoms with van der Waals surface area (Å²) in [5, 5.41) is 7.03. The minimum Gasteiger partial charge on any atom is -0.495 e. The monoisotopic (exact) mass is 466 g/mol. The molecule has 0 bridgehead atoms. The van der Waals surface area contributed by atoms with Crippen molar-refractivity contribution in [3.63, 3.8) is 0 Å². The van der Waals surface area contributed by atoms with Crippen LogP contribution in [0, 0.1) is 5.92 Å². The van der Waals surface area contributed by atoms with Crippen molar-refractivity contribution in [2.24, 2.45) is 11.0 Å². The first-order chi connectivity index (χ1) is 16.5. The Morgan fingerprint density at radius 1 is 1.24 bits per heavy atom. The van der Waals surface area contributed by atoms with E-state index < -0.39 is 0 Å². The molecule has 0 radical (unpaired) electrons. The van der Waals surface area contributed by atoms with Crippen molar-refractivity contribution in [2.75, 3.05) is 52.9 Å². The highest BCUT2D eigenvalue weighted by atomic mass is 16.5. The molecule has 9 nitrogen and oxygen atoms in total. The van der Waals surface area contributed by atoms with Gasteiger partial charge in [-0.15, -0.1) is 0 Å². The van der Waals surface area contributed by atoms with Crippen LogP contribution in [0.3, 0.4) is 0 Å². The molecule has 4 rings (SSSR count). The summed E-state index contributed by atoms with van der Waals surface area (Å²) in [5.74, 6) is 0.824. The van der Waals surface area contributed by atoms with Crippen LogP contribution in [0.25, 0.3) is 0 Å². The molecule has 0 aliphatic carbocycles. The first kappa shape index (κ1) is 23.6. The van der Waals surface area contributed by atoms with Crippen LogP contribution in [-0.4, -0.2) is 70.5 Å². The van der Waals surface area contributed by atoms with E-state index in [-0.39, 0.29) is 30.3 Å². The molecule has 2 aliphatic heterocycles. The molecule has 9 heteroatoms. The largest absolute Gasteiger partial charge is 0.495 e. The van der Waals surface area contributed by atoms with E-state index in [1.165, 1.54) is 0 Å². The van der Waals surface area contributed by atoms with E-state index in [0.717, 1.165) is 17.7 Å². The Labute approximate surface area is 199 Å². The predicted molar refractivity (Wildman–Crippen MR) is 129 cm³/mol. The van der Waals surface area contributed by atoms with Crippen molar-refractivity contribution >= 4 is 23.7 Å². The lowest BCUT2D eigenvalue weighted by Gasteiger charge is -2.26. The molecule has 2 atom stereocenters. The van der Waals surface area contributed by atoms with Crippen molar-refractivity contribution < 1.29 is 23.8 Å². The summed E-state index contributed by atoms with van der Waals surface area (Å²) in [5.41, 5.74) is 6.01. The van der Waals surface area contributed by atoms with Crippen LogP contribution >= 0.6 is 0 Å². The number of likely N-dealkylation sites (N-methyl/N-ethyl adjacent to an activating group) is 1. The number of amides is 2. The molecule has 0 fully saturated rings. The van der Waals surface area contributed by atoms with Gasteiger partial charge in [0.25, 0.3) is 5.91 Å². The van der Waals surface area contributed by atoms with E-state index in [1.54, 1.807) is 38.3 Å². The van der Waals surface area contributed by atoms with Gasteiger partial charge in [0, 0.05) is 44.9 Å². The average Bonchev–Trinajstić information content (AvgIpc) is 3.41. The Hall–Kier alpha value is -3.59. The van der Waals surface area contributed by atoms with Crippen molar-refractivity contribution in [3.05, 3.63) is 53.1 Å². The second kappa shape index (κ2) is 10.6. The number of ether oxygens (including phenoxy) is 3. The molecule has 2 heterocycles. The normalized spacial score (nSPS) is 18.4. The molecule has 0 saturated carbocycles. The summed E-state index contributed by atoms with van der Waals surface area (Å²) in [4.78, 5) is 27.4. The number of rotatable bonds is 8. The van der Waals surface area contributed by atoms with Crippen LogP contribution in [0.5, 0.6) is 11.5 Å². The van der Waals surface area contributed by atoms with Gasteiger partial charge in [-0.3, -0.25) is 9.59 Å². The summed E-state index contributed by atoms with van der Waals surface area (Å²) >= 11 is 0. The molecule has 2 amide bonds. The quantitative estimate of drug-likeness (QED) is 0.619. The molecule has 2 aromatic rings. The topological polar surface area (TPSA) is 101 Å². The number of methoxy groups -OCH3 is 2. The van der Waals surface area contributed by atoms with E-state index in [4.69, 9.17) is 14.2 Å². The summed E-state index contributed by atoms with van der Waals surface area (Å²) in [6, 6.07) is 11.1. The van der Waals surface area contributed by atoms with Gasteiger partial charge in [-0.25, -0.2) is 0 Å². The Balaban J connectivity index is 1.44. The number of anilines is 1.